The zero-order valence-electron chi connectivity index (χ0n) is 16.3. The average molecular weight is 463 g/mol. The SMILES string of the molecule is COc1cc(C(=O)N2CCCC2c2cccc(Br)c2)cc(OC)c1OCC(N)=O. The number of ether oxygens (including phenoxy) is 3. The van der Waals surface area contributed by atoms with E-state index in [4.69, 9.17) is 19.9 Å². The summed E-state index contributed by atoms with van der Waals surface area (Å²) < 4.78 is 17.1. The highest BCUT2D eigenvalue weighted by Crippen LogP contribution is 2.40. The summed E-state index contributed by atoms with van der Waals surface area (Å²) in [6, 6.07) is 11.2. The van der Waals surface area contributed by atoms with E-state index < -0.39 is 5.91 Å². The molecule has 2 amide bonds. The molecule has 1 unspecified atom stereocenters. The number of hydrogen-bond acceptors (Lipinski definition) is 5. The largest absolute Gasteiger partial charge is 0.493 e. The fourth-order valence-electron chi connectivity index (χ4n) is 3.52. The highest BCUT2D eigenvalue weighted by Gasteiger charge is 2.32. The van der Waals surface area contributed by atoms with Gasteiger partial charge in [-0.25, -0.2) is 0 Å². The zero-order valence-corrected chi connectivity index (χ0v) is 17.9. The van der Waals surface area contributed by atoms with E-state index in [0.717, 1.165) is 22.9 Å². The number of rotatable bonds is 7. The van der Waals surface area contributed by atoms with E-state index >= 15 is 0 Å². The summed E-state index contributed by atoms with van der Waals surface area (Å²) in [6.45, 7) is 0.345. The molecule has 2 N–H and O–H groups in total. The van der Waals surface area contributed by atoms with E-state index in [2.05, 4.69) is 15.9 Å². The number of halogens is 1. The number of benzene rings is 2. The van der Waals surface area contributed by atoms with Crippen LogP contribution in [0.3, 0.4) is 0 Å². The van der Waals surface area contributed by atoms with E-state index in [0.29, 0.717) is 23.6 Å². The van der Waals surface area contributed by atoms with E-state index in [9.17, 15) is 9.59 Å². The van der Waals surface area contributed by atoms with E-state index in [1.165, 1.54) is 14.2 Å². The van der Waals surface area contributed by atoms with Gasteiger partial charge in [0.2, 0.25) is 5.75 Å². The maximum absolute atomic E-state index is 13.3. The van der Waals surface area contributed by atoms with Crippen LogP contribution in [0.5, 0.6) is 17.2 Å². The smallest absolute Gasteiger partial charge is 0.255 e. The highest BCUT2D eigenvalue weighted by atomic mass is 79.9. The van der Waals surface area contributed by atoms with Crippen molar-refractivity contribution in [2.75, 3.05) is 27.4 Å². The summed E-state index contributed by atoms with van der Waals surface area (Å²) >= 11 is 3.50. The molecule has 1 fully saturated rings. The second-order valence-corrected chi connectivity index (χ2v) is 7.59. The standard InChI is InChI=1S/C21H23BrN2O5/c1-27-17-10-14(11-18(28-2)20(17)29-12-19(23)25)21(26)24-8-4-7-16(24)13-5-3-6-15(22)9-13/h3,5-6,9-11,16H,4,7-8,12H2,1-2H3,(H2,23,25). The van der Waals surface area contributed by atoms with Crippen molar-refractivity contribution in [1.82, 2.24) is 4.90 Å². The lowest BCUT2D eigenvalue weighted by Crippen LogP contribution is -2.30. The molecule has 0 saturated carbocycles. The van der Waals surface area contributed by atoms with Crippen molar-refractivity contribution < 1.29 is 23.8 Å². The van der Waals surface area contributed by atoms with Crippen LogP contribution in [0.4, 0.5) is 0 Å². The van der Waals surface area contributed by atoms with Crippen molar-refractivity contribution in [3.8, 4) is 17.2 Å². The molecule has 0 radical (unpaired) electrons. The van der Waals surface area contributed by atoms with Gasteiger partial charge in [-0.3, -0.25) is 9.59 Å². The Morgan fingerprint density at radius 1 is 1.17 bits per heavy atom. The van der Waals surface area contributed by atoms with Gasteiger partial charge in [0, 0.05) is 16.6 Å². The monoisotopic (exact) mass is 462 g/mol. The minimum Gasteiger partial charge on any atom is -0.493 e. The molecular weight excluding hydrogens is 440 g/mol. The molecule has 1 heterocycles. The Hall–Kier alpha value is -2.74. The third-order valence-electron chi connectivity index (χ3n) is 4.81. The van der Waals surface area contributed by atoms with Gasteiger partial charge in [-0.2, -0.15) is 0 Å². The lowest BCUT2D eigenvalue weighted by atomic mass is 10.0. The Bertz CT molecular complexity index is 893. The number of likely N-dealkylation sites (tertiary alicyclic amines) is 1. The molecule has 8 heteroatoms. The summed E-state index contributed by atoms with van der Waals surface area (Å²) in [5.74, 6) is 0.0864. The molecule has 0 aromatic heterocycles. The number of carbonyl (C=O) groups is 2. The van der Waals surface area contributed by atoms with Crippen molar-refractivity contribution >= 4 is 27.7 Å². The molecule has 3 rings (SSSR count). The number of methoxy groups -OCH3 is 2. The number of amides is 2. The quantitative estimate of drug-likeness (QED) is 0.681. The Kier molecular flexibility index (Phi) is 6.64. The first-order valence-corrected chi connectivity index (χ1v) is 9.97. The average Bonchev–Trinajstić information content (AvgIpc) is 3.20. The van der Waals surface area contributed by atoms with Gasteiger partial charge in [0.1, 0.15) is 0 Å². The molecule has 29 heavy (non-hydrogen) atoms. The summed E-state index contributed by atoms with van der Waals surface area (Å²) in [7, 11) is 2.92. The topological polar surface area (TPSA) is 91.1 Å². The Morgan fingerprint density at radius 2 is 1.86 bits per heavy atom. The van der Waals surface area contributed by atoms with E-state index in [1.54, 1.807) is 12.1 Å². The molecule has 7 nitrogen and oxygen atoms in total. The molecule has 0 bridgehead atoms. The van der Waals surface area contributed by atoms with Crippen LogP contribution in [0.2, 0.25) is 0 Å². The Morgan fingerprint density at radius 3 is 2.45 bits per heavy atom. The van der Waals surface area contributed by atoms with Gasteiger partial charge in [-0.1, -0.05) is 28.1 Å². The summed E-state index contributed by atoms with van der Waals surface area (Å²) in [4.78, 5) is 26.2. The third kappa shape index (κ3) is 4.64. The number of primary amides is 1. The van der Waals surface area contributed by atoms with Crippen molar-refractivity contribution in [2.24, 2.45) is 5.73 Å². The van der Waals surface area contributed by atoms with E-state index in [-0.39, 0.29) is 24.3 Å². The molecule has 2 aromatic rings. The molecule has 0 spiro atoms. The van der Waals surface area contributed by atoms with Crippen LogP contribution in [0, 0.1) is 0 Å². The molecule has 1 saturated heterocycles. The first kappa shape index (κ1) is 21.0. The van der Waals surface area contributed by atoms with Crippen LogP contribution in [-0.4, -0.2) is 44.1 Å². The van der Waals surface area contributed by atoms with Crippen molar-refractivity contribution in [1.29, 1.82) is 0 Å². The molecule has 1 aliphatic heterocycles. The maximum Gasteiger partial charge on any atom is 0.255 e. The van der Waals surface area contributed by atoms with Crippen LogP contribution in [0.1, 0.15) is 34.8 Å². The van der Waals surface area contributed by atoms with Gasteiger partial charge in [0.15, 0.2) is 18.1 Å². The van der Waals surface area contributed by atoms with Crippen molar-refractivity contribution in [3.63, 3.8) is 0 Å². The number of hydrogen-bond donors (Lipinski definition) is 1. The fraction of sp³-hybridized carbons (Fsp3) is 0.333. The molecule has 154 valence electrons. The first-order valence-electron chi connectivity index (χ1n) is 9.18. The molecule has 1 atom stereocenters. The van der Waals surface area contributed by atoms with Gasteiger partial charge in [-0.05, 0) is 42.7 Å². The lowest BCUT2D eigenvalue weighted by Gasteiger charge is -2.26. The molecule has 0 aliphatic carbocycles. The second kappa shape index (κ2) is 9.17. The van der Waals surface area contributed by atoms with Crippen LogP contribution >= 0.6 is 15.9 Å². The fourth-order valence-corrected chi connectivity index (χ4v) is 3.94. The van der Waals surface area contributed by atoms with Gasteiger partial charge >= 0.3 is 0 Å². The highest BCUT2D eigenvalue weighted by molar-refractivity contribution is 9.10. The number of nitrogens with two attached hydrogens (primary N) is 1. The van der Waals surface area contributed by atoms with Crippen LogP contribution in [0.15, 0.2) is 40.9 Å². The Labute approximate surface area is 177 Å². The second-order valence-electron chi connectivity index (χ2n) is 6.68. The van der Waals surface area contributed by atoms with Crippen molar-refractivity contribution in [2.45, 2.75) is 18.9 Å². The summed E-state index contributed by atoms with van der Waals surface area (Å²) in [5.41, 5.74) is 6.67. The van der Waals surface area contributed by atoms with Crippen LogP contribution in [-0.2, 0) is 4.79 Å². The number of carbonyl (C=O) groups excluding carboxylic acids is 2. The van der Waals surface area contributed by atoms with Crippen LogP contribution in [0.25, 0.3) is 0 Å². The molecule has 2 aromatic carbocycles. The van der Waals surface area contributed by atoms with Gasteiger partial charge in [0.25, 0.3) is 11.8 Å². The third-order valence-corrected chi connectivity index (χ3v) is 5.31. The predicted octanol–water partition coefficient (Wildman–Crippen LogP) is 3.31. The molecule has 1 aliphatic rings. The number of nitrogens with zero attached hydrogens (tertiary/aromatic N) is 1. The Balaban J connectivity index is 1.92. The van der Waals surface area contributed by atoms with Gasteiger partial charge < -0.3 is 24.8 Å². The van der Waals surface area contributed by atoms with E-state index in [1.807, 2.05) is 29.2 Å². The van der Waals surface area contributed by atoms with Crippen LogP contribution < -0.4 is 19.9 Å². The van der Waals surface area contributed by atoms with Gasteiger partial charge in [0.05, 0.1) is 20.3 Å². The summed E-state index contributed by atoms with van der Waals surface area (Å²) in [5, 5.41) is 0. The molecular formula is C21H23BrN2O5. The minimum atomic E-state index is -0.622. The minimum absolute atomic E-state index is 0.00257. The first-order chi connectivity index (χ1) is 13.9. The predicted molar refractivity (Wildman–Crippen MR) is 111 cm³/mol. The summed E-state index contributed by atoms with van der Waals surface area (Å²) in [6.07, 6.45) is 1.83. The maximum atomic E-state index is 13.3. The van der Waals surface area contributed by atoms with Gasteiger partial charge in [-0.15, -0.1) is 0 Å². The van der Waals surface area contributed by atoms with Crippen molar-refractivity contribution in [3.05, 3.63) is 52.0 Å². The lowest BCUT2D eigenvalue weighted by molar-refractivity contribution is -0.120. The normalized spacial score (nSPS) is 15.8. The zero-order chi connectivity index (χ0) is 21.0.